The van der Waals surface area contributed by atoms with E-state index in [0.717, 1.165) is 19.3 Å². The molecule has 10 heteroatoms. The minimum Gasteiger partial charge on any atom is -0.494 e. The number of piperidine rings is 1. The highest BCUT2D eigenvalue weighted by Gasteiger charge is 2.29. The third-order valence-electron chi connectivity index (χ3n) is 5.17. The van der Waals surface area contributed by atoms with Gasteiger partial charge in [-0.1, -0.05) is 23.8 Å². The van der Waals surface area contributed by atoms with Crippen LogP contribution in [0.3, 0.4) is 0 Å². The average Bonchev–Trinajstić information content (AvgIpc) is 3.09. The van der Waals surface area contributed by atoms with Crippen molar-refractivity contribution in [3.63, 3.8) is 0 Å². The van der Waals surface area contributed by atoms with Crippen molar-refractivity contribution in [2.45, 2.75) is 39.2 Å². The van der Waals surface area contributed by atoms with Crippen LogP contribution in [-0.2, 0) is 10.0 Å². The van der Waals surface area contributed by atoms with Crippen LogP contribution in [-0.4, -0.2) is 65.6 Å². The van der Waals surface area contributed by atoms with Crippen LogP contribution in [0.15, 0.2) is 24.3 Å². The lowest BCUT2D eigenvalue weighted by atomic mass is 10.1. The van der Waals surface area contributed by atoms with Gasteiger partial charge in [-0.05, 0) is 38.8 Å². The highest BCUT2D eigenvalue weighted by Crippen LogP contribution is 2.23. The Hall–Kier alpha value is -2.46. The lowest BCUT2D eigenvalue weighted by Gasteiger charge is -2.32. The quantitative estimate of drug-likeness (QED) is 0.726. The van der Waals surface area contributed by atoms with E-state index < -0.39 is 15.9 Å². The van der Waals surface area contributed by atoms with Crippen molar-refractivity contribution >= 4 is 15.9 Å². The van der Waals surface area contributed by atoms with Crippen LogP contribution in [0.4, 0.5) is 0 Å². The van der Waals surface area contributed by atoms with E-state index in [4.69, 9.17) is 4.74 Å². The second-order valence-electron chi connectivity index (χ2n) is 7.13. The lowest BCUT2D eigenvalue weighted by molar-refractivity contribution is 0.0950. The highest BCUT2D eigenvalue weighted by atomic mass is 32.2. The fourth-order valence-electron chi connectivity index (χ4n) is 3.55. The second-order valence-corrected chi connectivity index (χ2v) is 9.18. The summed E-state index contributed by atoms with van der Waals surface area (Å²) in [6.07, 6.45) is 2.79. The number of nitrogens with one attached hydrogen (secondary N) is 1. The molecule has 1 amide bonds. The molecule has 0 radical (unpaired) electrons. The molecule has 0 bridgehead atoms. The molecule has 3 rings (SSSR count). The predicted octanol–water partition coefficient (Wildman–Crippen LogP) is 1.52. The number of amides is 1. The van der Waals surface area contributed by atoms with E-state index in [2.05, 4.69) is 15.6 Å². The Morgan fingerprint density at radius 2 is 2.07 bits per heavy atom. The molecule has 1 aliphatic heterocycles. The van der Waals surface area contributed by atoms with Crippen molar-refractivity contribution in [2.75, 3.05) is 26.0 Å². The van der Waals surface area contributed by atoms with Crippen LogP contribution in [0.2, 0.25) is 0 Å². The van der Waals surface area contributed by atoms with Crippen molar-refractivity contribution in [1.82, 2.24) is 24.6 Å². The van der Waals surface area contributed by atoms with Crippen LogP contribution in [0, 0.1) is 6.92 Å². The van der Waals surface area contributed by atoms with E-state index in [9.17, 15) is 13.2 Å². The summed E-state index contributed by atoms with van der Waals surface area (Å²) in [4.78, 5) is 12.5. The molecule has 29 heavy (non-hydrogen) atoms. The number of hydrogen-bond donors (Lipinski definition) is 1. The van der Waals surface area contributed by atoms with E-state index >= 15 is 0 Å². The van der Waals surface area contributed by atoms with Crippen LogP contribution in [0.25, 0.3) is 5.69 Å². The van der Waals surface area contributed by atoms with E-state index in [1.165, 1.54) is 4.68 Å². The van der Waals surface area contributed by atoms with Crippen molar-refractivity contribution in [3.8, 4) is 11.4 Å². The molecular weight excluding hydrogens is 394 g/mol. The molecule has 0 spiro atoms. The summed E-state index contributed by atoms with van der Waals surface area (Å²) in [5.74, 6) is 0.0164. The maximum absolute atomic E-state index is 12.6. The molecule has 1 aromatic carbocycles. The number of sulfonamides is 1. The molecule has 158 valence electrons. The van der Waals surface area contributed by atoms with Crippen LogP contribution < -0.4 is 10.1 Å². The molecule has 2 aromatic rings. The number of hydrogen-bond acceptors (Lipinski definition) is 6. The smallest absolute Gasteiger partial charge is 0.273 e. The Morgan fingerprint density at radius 1 is 1.31 bits per heavy atom. The number of ether oxygens (including phenoxy) is 1. The molecule has 9 nitrogen and oxygen atoms in total. The van der Waals surface area contributed by atoms with Gasteiger partial charge in [-0.2, -0.15) is 4.31 Å². The molecular formula is C19H27N5O4S. The van der Waals surface area contributed by atoms with Crippen molar-refractivity contribution < 1.29 is 17.9 Å². The van der Waals surface area contributed by atoms with Gasteiger partial charge in [-0.25, -0.2) is 13.1 Å². The highest BCUT2D eigenvalue weighted by molar-refractivity contribution is 7.89. The summed E-state index contributed by atoms with van der Waals surface area (Å²) in [7, 11) is -1.85. The third kappa shape index (κ3) is 4.59. The Balaban J connectivity index is 1.65. The zero-order valence-corrected chi connectivity index (χ0v) is 17.8. The zero-order valence-electron chi connectivity index (χ0n) is 17.0. The van der Waals surface area contributed by atoms with Gasteiger partial charge in [0.05, 0.1) is 18.6 Å². The molecule has 1 unspecified atom stereocenters. The van der Waals surface area contributed by atoms with Gasteiger partial charge in [0, 0.05) is 19.1 Å². The molecule has 1 atom stereocenters. The minimum absolute atomic E-state index is 0.00690. The molecule has 0 saturated carbocycles. The fourth-order valence-corrected chi connectivity index (χ4v) is 5.21. The first kappa shape index (κ1) is 21.3. The first-order chi connectivity index (χ1) is 13.8. The zero-order chi connectivity index (χ0) is 21.0. The number of carbonyl (C=O) groups excluding carboxylic acids is 1. The predicted molar refractivity (Wildman–Crippen MR) is 109 cm³/mol. The minimum atomic E-state index is -3.41. The summed E-state index contributed by atoms with van der Waals surface area (Å²) in [6, 6.07) is 7.29. The van der Waals surface area contributed by atoms with Gasteiger partial charge in [-0.3, -0.25) is 4.79 Å². The monoisotopic (exact) mass is 421 g/mol. The van der Waals surface area contributed by atoms with Gasteiger partial charge >= 0.3 is 0 Å². The van der Waals surface area contributed by atoms with Crippen molar-refractivity contribution in [1.29, 1.82) is 0 Å². The van der Waals surface area contributed by atoms with Crippen LogP contribution in [0.1, 0.15) is 42.4 Å². The molecule has 1 saturated heterocycles. The first-order valence-electron chi connectivity index (χ1n) is 9.68. The Bertz CT molecular complexity index is 973. The molecule has 1 aromatic heterocycles. The van der Waals surface area contributed by atoms with Gasteiger partial charge in [0.2, 0.25) is 10.0 Å². The molecule has 2 heterocycles. The average molecular weight is 422 g/mol. The van der Waals surface area contributed by atoms with Gasteiger partial charge in [0.25, 0.3) is 5.91 Å². The second kappa shape index (κ2) is 8.91. The van der Waals surface area contributed by atoms with Gasteiger partial charge < -0.3 is 10.1 Å². The van der Waals surface area contributed by atoms with Gasteiger partial charge in [-0.15, -0.1) is 5.10 Å². The van der Waals surface area contributed by atoms with Gasteiger partial charge in [0.15, 0.2) is 5.69 Å². The number of aromatic nitrogens is 3. The number of nitrogens with zero attached hydrogens (tertiary/aromatic N) is 4. The molecule has 1 aliphatic rings. The standard InChI is InChI=1S/C19H27N5O4S/c1-14-8-6-7-12-23(14)29(26,27)13-11-20-19(25)18-15(2)24(22-21-18)16-9-4-5-10-17(16)28-3/h4-5,9-10,14H,6-8,11-13H2,1-3H3,(H,20,25). The van der Waals surface area contributed by atoms with Crippen LogP contribution >= 0.6 is 0 Å². The maximum Gasteiger partial charge on any atom is 0.273 e. The van der Waals surface area contributed by atoms with Gasteiger partial charge in [0.1, 0.15) is 11.4 Å². The Morgan fingerprint density at radius 3 is 2.79 bits per heavy atom. The van der Waals surface area contributed by atoms with E-state index in [0.29, 0.717) is 23.7 Å². The number of rotatable bonds is 7. The van der Waals surface area contributed by atoms with E-state index in [-0.39, 0.29) is 24.0 Å². The third-order valence-corrected chi connectivity index (χ3v) is 7.14. The summed E-state index contributed by atoms with van der Waals surface area (Å²) in [5.41, 5.74) is 1.36. The SMILES string of the molecule is COc1ccccc1-n1nnc(C(=O)NCCS(=O)(=O)N2CCCCC2C)c1C. The van der Waals surface area contributed by atoms with E-state index in [1.807, 2.05) is 25.1 Å². The largest absolute Gasteiger partial charge is 0.494 e. The lowest BCUT2D eigenvalue weighted by Crippen LogP contribution is -2.45. The Labute approximate surface area is 171 Å². The topological polar surface area (TPSA) is 106 Å². The summed E-state index contributed by atoms with van der Waals surface area (Å²) in [5, 5.41) is 10.7. The summed E-state index contributed by atoms with van der Waals surface area (Å²) in [6.45, 7) is 4.22. The number of methoxy groups -OCH3 is 1. The molecule has 0 aliphatic carbocycles. The molecule has 1 N–H and O–H groups in total. The van der Waals surface area contributed by atoms with Crippen LogP contribution in [0.5, 0.6) is 5.75 Å². The summed E-state index contributed by atoms with van der Waals surface area (Å²) >= 11 is 0. The van der Waals surface area contributed by atoms with Crippen molar-refractivity contribution in [2.24, 2.45) is 0 Å². The van der Waals surface area contributed by atoms with E-state index in [1.54, 1.807) is 24.4 Å². The number of carbonyl (C=O) groups is 1. The van der Waals surface area contributed by atoms with Crippen molar-refractivity contribution in [3.05, 3.63) is 35.7 Å². The Kier molecular flexibility index (Phi) is 6.53. The number of benzene rings is 1. The normalized spacial score (nSPS) is 17.8. The molecule has 1 fully saturated rings. The number of para-hydroxylation sites is 2. The summed E-state index contributed by atoms with van der Waals surface area (Å²) < 4.78 is 33.5. The maximum atomic E-state index is 12.6. The first-order valence-corrected chi connectivity index (χ1v) is 11.3. The fraction of sp³-hybridized carbons (Fsp3) is 0.526.